The van der Waals surface area contributed by atoms with Crippen LogP contribution in [0.3, 0.4) is 0 Å². The molecular weight excluding hydrogens is 491 g/mol. The minimum atomic E-state index is -3.71. The lowest BCUT2D eigenvalue weighted by atomic mass is 10.0. The number of hydrogen-bond acceptors (Lipinski definition) is 8. The van der Waals surface area contributed by atoms with Gasteiger partial charge in [-0.15, -0.1) is 11.8 Å². The summed E-state index contributed by atoms with van der Waals surface area (Å²) >= 11 is 4.38. The number of benzene rings is 1. The molecule has 1 aliphatic rings. The van der Waals surface area contributed by atoms with E-state index in [0.717, 1.165) is 12.8 Å². The molecule has 2 aromatic rings. The zero-order chi connectivity index (χ0) is 21.0. The monoisotopic (exact) mass is 508 g/mol. The number of thioether (sulfide) groups is 1. The maximum Gasteiger partial charge on any atom is 0.276 e. The first-order chi connectivity index (χ1) is 13.8. The minimum absolute atomic E-state index is 0.0259. The highest BCUT2D eigenvalue weighted by molar-refractivity contribution is 9.10. The van der Waals surface area contributed by atoms with Gasteiger partial charge in [-0.25, -0.2) is 19.2 Å². The smallest absolute Gasteiger partial charge is 0.276 e. The van der Waals surface area contributed by atoms with Crippen molar-refractivity contribution in [1.82, 2.24) is 20.1 Å². The molecule has 0 spiro atoms. The van der Waals surface area contributed by atoms with Crippen LogP contribution in [0, 0.1) is 11.7 Å². The van der Waals surface area contributed by atoms with Crippen molar-refractivity contribution in [3.63, 3.8) is 0 Å². The molecule has 1 unspecified atom stereocenters. The Labute approximate surface area is 179 Å². The van der Waals surface area contributed by atoms with Gasteiger partial charge in [-0.1, -0.05) is 0 Å². The maximum absolute atomic E-state index is 13.4. The quantitative estimate of drug-likeness (QED) is 0.232. The number of nitrogens with two attached hydrogens (primary N) is 1. The lowest BCUT2D eigenvalue weighted by Gasteiger charge is -2.30. The Morgan fingerprint density at radius 1 is 1.52 bits per heavy atom. The molecule has 3 rings (SSSR count). The Morgan fingerprint density at radius 3 is 3.00 bits per heavy atom. The molecule has 0 radical (unpaired) electrons. The number of nitrogens with one attached hydrogen (secondary N) is 1. The van der Waals surface area contributed by atoms with E-state index >= 15 is 0 Å². The standard InChI is InChI=1S/C15H18BrFN6O4S2/c16-11-6-10(3-4-12(11)17)19-14(20-24)13-15(22-27-21-13)28-8-9-2-1-5-23(7-9)29(18,25)26/h3-4,6,9,24H,1-2,5,7-8H2,(H,19,20)(H2,18,25,26). The van der Waals surface area contributed by atoms with Crippen molar-refractivity contribution in [2.45, 2.75) is 17.9 Å². The van der Waals surface area contributed by atoms with E-state index in [1.165, 1.54) is 34.3 Å². The number of piperidine rings is 1. The molecule has 1 atom stereocenters. The molecule has 1 fully saturated rings. The number of aliphatic imine (C=N–C) groups is 1. The van der Waals surface area contributed by atoms with E-state index in [1.54, 1.807) is 0 Å². The Morgan fingerprint density at radius 2 is 2.31 bits per heavy atom. The van der Waals surface area contributed by atoms with Crippen LogP contribution in [0.25, 0.3) is 0 Å². The summed E-state index contributed by atoms with van der Waals surface area (Å²) in [4.78, 5) is 4.20. The van der Waals surface area contributed by atoms with Crippen molar-refractivity contribution < 1.29 is 22.6 Å². The van der Waals surface area contributed by atoms with E-state index < -0.39 is 16.0 Å². The molecule has 4 N–H and O–H groups in total. The third-order valence-corrected chi connectivity index (χ3v) is 7.07. The molecule has 1 aromatic heterocycles. The second-order valence-corrected chi connectivity index (χ2v) is 9.72. The Balaban J connectivity index is 1.72. The largest absolute Gasteiger partial charge is 0.290 e. The summed E-state index contributed by atoms with van der Waals surface area (Å²) in [5.41, 5.74) is 2.50. The van der Waals surface area contributed by atoms with E-state index in [-0.39, 0.29) is 21.9 Å². The van der Waals surface area contributed by atoms with E-state index in [0.29, 0.717) is 29.6 Å². The van der Waals surface area contributed by atoms with Crippen molar-refractivity contribution >= 4 is 49.4 Å². The number of amidine groups is 1. The van der Waals surface area contributed by atoms with Crippen molar-refractivity contribution in [2.75, 3.05) is 18.8 Å². The van der Waals surface area contributed by atoms with Crippen molar-refractivity contribution in [2.24, 2.45) is 16.0 Å². The Bertz CT molecular complexity index is 1000. The third kappa shape index (κ3) is 5.73. The molecule has 0 aliphatic carbocycles. The van der Waals surface area contributed by atoms with Gasteiger partial charge in [-0.2, -0.15) is 12.7 Å². The summed E-state index contributed by atoms with van der Waals surface area (Å²) in [6.45, 7) is 0.741. The molecule has 0 saturated carbocycles. The number of nitrogens with zero attached hydrogens (tertiary/aromatic N) is 4. The van der Waals surface area contributed by atoms with Crippen LogP contribution in [-0.2, 0) is 10.2 Å². The lowest BCUT2D eigenvalue weighted by Crippen LogP contribution is -2.43. The summed E-state index contributed by atoms with van der Waals surface area (Å²) in [7, 11) is -3.71. The van der Waals surface area contributed by atoms with Crippen molar-refractivity contribution in [3.8, 4) is 0 Å². The highest BCUT2D eigenvalue weighted by atomic mass is 79.9. The predicted molar refractivity (Wildman–Crippen MR) is 108 cm³/mol. The van der Waals surface area contributed by atoms with Gasteiger partial charge in [0.1, 0.15) is 5.82 Å². The van der Waals surface area contributed by atoms with Crippen LogP contribution in [0.5, 0.6) is 0 Å². The molecule has 0 amide bonds. The first-order valence-corrected chi connectivity index (χ1v) is 11.7. The first kappa shape index (κ1) is 22.1. The number of hydroxylamine groups is 1. The molecule has 158 valence electrons. The van der Waals surface area contributed by atoms with E-state index in [2.05, 4.69) is 31.2 Å². The van der Waals surface area contributed by atoms with E-state index in [1.807, 2.05) is 5.48 Å². The van der Waals surface area contributed by atoms with Crippen LogP contribution in [-0.4, -0.2) is 52.9 Å². The van der Waals surface area contributed by atoms with Gasteiger partial charge in [0.2, 0.25) is 0 Å². The van der Waals surface area contributed by atoms with Gasteiger partial charge in [0.15, 0.2) is 16.6 Å². The second kappa shape index (κ2) is 9.49. The Kier molecular flexibility index (Phi) is 7.23. The lowest BCUT2D eigenvalue weighted by molar-refractivity contribution is 0.234. The highest BCUT2D eigenvalue weighted by Gasteiger charge is 2.27. The molecule has 29 heavy (non-hydrogen) atoms. The molecule has 1 saturated heterocycles. The average Bonchev–Trinajstić information content (AvgIpc) is 3.15. The molecule has 14 heteroatoms. The summed E-state index contributed by atoms with van der Waals surface area (Å²) < 4.78 is 42.7. The summed E-state index contributed by atoms with van der Waals surface area (Å²) in [6.07, 6.45) is 1.57. The van der Waals surface area contributed by atoms with Crippen LogP contribution < -0.4 is 10.6 Å². The number of hydrogen-bond donors (Lipinski definition) is 3. The maximum atomic E-state index is 13.4. The van der Waals surface area contributed by atoms with Crippen LogP contribution in [0.15, 0.2) is 37.3 Å². The number of aromatic nitrogens is 2. The molecule has 1 aliphatic heterocycles. The zero-order valence-corrected chi connectivity index (χ0v) is 18.2. The van der Waals surface area contributed by atoms with E-state index in [9.17, 15) is 18.0 Å². The van der Waals surface area contributed by atoms with Gasteiger partial charge in [0.05, 0.1) is 10.2 Å². The fourth-order valence-corrected chi connectivity index (χ4v) is 5.02. The number of rotatable bonds is 6. The van der Waals surface area contributed by atoms with Gasteiger partial charge in [-0.3, -0.25) is 10.7 Å². The molecular formula is C15H18BrFN6O4S2. The van der Waals surface area contributed by atoms with Crippen LogP contribution in [0.2, 0.25) is 0 Å². The van der Waals surface area contributed by atoms with Crippen LogP contribution >= 0.6 is 27.7 Å². The van der Waals surface area contributed by atoms with Gasteiger partial charge in [0.25, 0.3) is 10.2 Å². The topological polar surface area (TPSA) is 147 Å². The SMILES string of the molecule is NS(=O)(=O)N1CCCC(CSc2nonc2C(=Nc2ccc(F)c(Br)c2)NO)C1. The van der Waals surface area contributed by atoms with Gasteiger partial charge < -0.3 is 0 Å². The average molecular weight is 509 g/mol. The fourth-order valence-electron chi connectivity index (χ4n) is 2.83. The first-order valence-electron chi connectivity index (χ1n) is 8.45. The zero-order valence-electron chi connectivity index (χ0n) is 15.0. The van der Waals surface area contributed by atoms with E-state index in [4.69, 9.17) is 9.77 Å². The summed E-state index contributed by atoms with van der Waals surface area (Å²) in [6, 6.07) is 4.10. The normalized spacial score (nSPS) is 18.8. The van der Waals surface area contributed by atoms with Gasteiger partial charge in [0, 0.05) is 18.8 Å². The third-order valence-electron chi connectivity index (χ3n) is 4.23. The fraction of sp³-hybridized carbons (Fsp3) is 0.400. The second-order valence-electron chi connectivity index (χ2n) is 6.31. The minimum Gasteiger partial charge on any atom is -0.290 e. The van der Waals surface area contributed by atoms with Crippen molar-refractivity contribution in [3.05, 3.63) is 34.2 Å². The molecule has 10 nitrogen and oxygen atoms in total. The van der Waals surface area contributed by atoms with Gasteiger partial charge >= 0.3 is 0 Å². The van der Waals surface area contributed by atoms with Gasteiger partial charge in [-0.05, 0) is 63.2 Å². The molecule has 0 bridgehead atoms. The van der Waals surface area contributed by atoms with Crippen molar-refractivity contribution in [1.29, 1.82) is 0 Å². The molecule has 2 heterocycles. The molecule has 1 aromatic carbocycles. The van der Waals surface area contributed by atoms with Crippen LogP contribution in [0.1, 0.15) is 18.5 Å². The summed E-state index contributed by atoms with van der Waals surface area (Å²) in [5.74, 6) is 0.158. The van der Waals surface area contributed by atoms with Crippen LogP contribution in [0.4, 0.5) is 10.1 Å². The number of halogens is 2. The Hall–Kier alpha value is -1.58. The summed E-state index contributed by atoms with van der Waals surface area (Å²) in [5, 5.41) is 22.7. The predicted octanol–water partition coefficient (Wildman–Crippen LogP) is 2.04. The highest BCUT2D eigenvalue weighted by Crippen LogP contribution is 2.28.